The zero-order valence-electron chi connectivity index (χ0n) is 5.40. The summed E-state index contributed by atoms with van der Waals surface area (Å²) in [6.45, 7) is 1.62. The molecule has 0 saturated carbocycles. The number of nitrogens with zero attached hydrogens (tertiary/aromatic N) is 2. The van der Waals surface area contributed by atoms with Gasteiger partial charge in [0.05, 0.1) is 0 Å². The molecule has 1 rings (SSSR count). The molecule has 5 nitrogen and oxygen atoms in total. The fourth-order valence-corrected chi connectivity index (χ4v) is 0.692. The Kier molecular flexibility index (Phi) is 1.33. The molecule has 0 aliphatic rings. The molecule has 0 bridgehead atoms. The van der Waals surface area contributed by atoms with Crippen molar-refractivity contribution >= 4 is 11.9 Å². The topological polar surface area (TPSA) is 81.1 Å². The number of hydrogen-bond donors (Lipinski definition) is 2. The first-order chi connectivity index (χ1) is 4.61. The Bertz CT molecular complexity index is 266. The van der Waals surface area contributed by atoms with Crippen molar-refractivity contribution in [1.29, 1.82) is 0 Å². The molecule has 3 N–H and O–H groups in total. The molecule has 0 aliphatic heterocycles. The van der Waals surface area contributed by atoms with Crippen LogP contribution >= 0.6 is 0 Å². The van der Waals surface area contributed by atoms with Crippen molar-refractivity contribution in [3.63, 3.8) is 0 Å². The minimum absolute atomic E-state index is 0.222. The van der Waals surface area contributed by atoms with E-state index in [0.717, 1.165) is 4.68 Å². The molecule has 1 aromatic heterocycles. The molecule has 1 heterocycles. The molecule has 0 aromatic carbocycles. The van der Waals surface area contributed by atoms with Gasteiger partial charge in [-0.05, 0) is 6.92 Å². The number of hydrogen-bond acceptors (Lipinski definition) is 3. The van der Waals surface area contributed by atoms with E-state index in [2.05, 4.69) is 5.10 Å². The second-order valence-electron chi connectivity index (χ2n) is 1.90. The number of anilines is 1. The van der Waals surface area contributed by atoms with Crippen LogP contribution in [0, 0.1) is 6.92 Å². The van der Waals surface area contributed by atoms with Gasteiger partial charge in [0.2, 0.25) is 0 Å². The Balaban J connectivity index is 3.15. The molecule has 0 spiro atoms. The largest absolute Gasteiger partial charge is 0.463 e. The monoisotopic (exact) mass is 141 g/mol. The van der Waals surface area contributed by atoms with Gasteiger partial charge in [-0.3, -0.25) is 0 Å². The van der Waals surface area contributed by atoms with E-state index in [0.29, 0.717) is 5.69 Å². The van der Waals surface area contributed by atoms with Crippen molar-refractivity contribution in [1.82, 2.24) is 9.78 Å². The van der Waals surface area contributed by atoms with Gasteiger partial charge in [0.25, 0.3) is 0 Å². The lowest BCUT2D eigenvalue weighted by molar-refractivity contribution is 0.192. The molecule has 0 saturated heterocycles. The predicted molar refractivity (Wildman–Crippen MR) is 34.8 cm³/mol. The SMILES string of the molecule is Cc1cc(N)nn1C(=O)O. The molecule has 54 valence electrons. The fraction of sp³-hybridized carbons (Fsp3) is 0.200. The smallest absolute Gasteiger partial charge is 0.432 e. The van der Waals surface area contributed by atoms with Gasteiger partial charge in [-0.15, -0.1) is 5.10 Å². The van der Waals surface area contributed by atoms with Crippen LogP contribution < -0.4 is 5.73 Å². The summed E-state index contributed by atoms with van der Waals surface area (Å²) in [5, 5.41) is 11.9. The number of aromatic nitrogens is 2. The minimum Gasteiger partial charge on any atom is -0.463 e. The molecule has 1 aromatic rings. The maximum absolute atomic E-state index is 10.3. The highest BCUT2D eigenvalue weighted by Crippen LogP contribution is 2.02. The summed E-state index contributed by atoms with van der Waals surface area (Å²) in [4.78, 5) is 10.3. The number of aryl methyl sites for hydroxylation is 1. The second kappa shape index (κ2) is 2.02. The summed E-state index contributed by atoms with van der Waals surface area (Å²) < 4.78 is 0.829. The van der Waals surface area contributed by atoms with Crippen molar-refractivity contribution in [3.8, 4) is 0 Å². The molecule has 0 atom stereocenters. The standard InChI is InChI=1S/C5H7N3O2/c1-3-2-4(6)7-8(3)5(9)10/h2H,1H3,(H2,6,7)(H,9,10). The Labute approximate surface area is 57.1 Å². The predicted octanol–water partition coefficient (Wildman–Crippen LogP) is 0.300. The van der Waals surface area contributed by atoms with Gasteiger partial charge in [0.1, 0.15) is 5.82 Å². The maximum atomic E-state index is 10.3. The van der Waals surface area contributed by atoms with Crippen LogP contribution in [0.5, 0.6) is 0 Å². The number of nitrogen functional groups attached to an aromatic ring is 1. The van der Waals surface area contributed by atoms with E-state index in [9.17, 15) is 4.79 Å². The third-order valence-corrected chi connectivity index (χ3v) is 1.09. The maximum Gasteiger partial charge on any atom is 0.432 e. The quantitative estimate of drug-likeness (QED) is 0.544. The number of carbonyl (C=O) groups is 1. The van der Waals surface area contributed by atoms with Gasteiger partial charge in [0, 0.05) is 11.8 Å². The lowest BCUT2D eigenvalue weighted by Gasteiger charge is -1.91. The molecule has 0 aliphatic carbocycles. The lowest BCUT2D eigenvalue weighted by atomic mass is 10.5. The number of rotatable bonds is 0. The number of nitrogens with two attached hydrogens (primary N) is 1. The molecular weight excluding hydrogens is 134 g/mol. The van der Waals surface area contributed by atoms with Crippen molar-refractivity contribution in [2.75, 3.05) is 5.73 Å². The van der Waals surface area contributed by atoms with Crippen molar-refractivity contribution in [3.05, 3.63) is 11.8 Å². The van der Waals surface area contributed by atoms with Crippen molar-refractivity contribution in [2.24, 2.45) is 0 Å². The summed E-state index contributed by atoms with van der Waals surface area (Å²) in [6.07, 6.45) is -1.12. The van der Waals surface area contributed by atoms with E-state index < -0.39 is 6.09 Å². The molecular formula is C5H7N3O2. The summed E-state index contributed by atoms with van der Waals surface area (Å²) in [7, 11) is 0. The lowest BCUT2D eigenvalue weighted by Crippen LogP contribution is -2.11. The molecule has 0 amide bonds. The van der Waals surface area contributed by atoms with Gasteiger partial charge < -0.3 is 10.8 Å². The average Bonchev–Trinajstić information content (AvgIpc) is 2.10. The Morgan fingerprint density at radius 3 is 2.70 bits per heavy atom. The van der Waals surface area contributed by atoms with E-state index in [1.165, 1.54) is 6.07 Å². The van der Waals surface area contributed by atoms with Crippen molar-refractivity contribution < 1.29 is 9.90 Å². The van der Waals surface area contributed by atoms with Gasteiger partial charge >= 0.3 is 6.09 Å². The zero-order valence-corrected chi connectivity index (χ0v) is 5.40. The van der Waals surface area contributed by atoms with E-state index in [4.69, 9.17) is 10.8 Å². The van der Waals surface area contributed by atoms with Crippen LogP contribution in [0.15, 0.2) is 6.07 Å². The molecule has 5 heteroatoms. The van der Waals surface area contributed by atoms with Crippen LogP contribution in [0.1, 0.15) is 5.69 Å². The molecule has 0 fully saturated rings. The third kappa shape index (κ3) is 0.928. The first-order valence-electron chi connectivity index (χ1n) is 2.66. The minimum atomic E-state index is -1.12. The van der Waals surface area contributed by atoms with Crippen LogP contribution in [-0.2, 0) is 0 Å². The van der Waals surface area contributed by atoms with Crippen LogP contribution in [0.4, 0.5) is 10.6 Å². The van der Waals surface area contributed by atoms with Crippen LogP contribution in [0.3, 0.4) is 0 Å². The fourth-order valence-electron chi connectivity index (χ4n) is 0.692. The Morgan fingerprint density at radius 2 is 2.50 bits per heavy atom. The van der Waals surface area contributed by atoms with Gasteiger partial charge in [-0.2, -0.15) is 4.68 Å². The highest BCUT2D eigenvalue weighted by atomic mass is 16.4. The molecule has 0 radical (unpaired) electrons. The summed E-state index contributed by atoms with van der Waals surface area (Å²) in [5.74, 6) is 0.222. The second-order valence-corrected chi connectivity index (χ2v) is 1.90. The van der Waals surface area contributed by atoms with Crippen LogP contribution in [0.2, 0.25) is 0 Å². The zero-order chi connectivity index (χ0) is 7.72. The molecule has 10 heavy (non-hydrogen) atoms. The van der Waals surface area contributed by atoms with Gasteiger partial charge in [-0.25, -0.2) is 4.79 Å². The third-order valence-electron chi connectivity index (χ3n) is 1.09. The highest BCUT2D eigenvalue weighted by Gasteiger charge is 2.06. The Morgan fingerprint density at radius 1 is 1.90 bits per heavy atom. The normalized spacial score (nSPS) is 9.70. The summed E-state index contributed by atoms with van der Waals surface area (Å²) in [5.41, 5.74) is 5.74. The summed E-state index contributed by atoms with van der Waals surface area (Å²) >= 11 is 0. The van der Waals surface area contributed by atoms with Crippen LogP contribution in [-0.4, -0.2) is 21.0 Å². The van der Waals surface area contributed by atoms with Gasteiger partial charge in [0.15, 0.2) is 0 Å². The highest BCUT2D eigenvalue weighted by molar-refractivity contribution is 5.68. The summed E-state index contributed by atoms with van der Waals surface area (Å²) in [6, 6.07) is 1.49. The first kappa shape index (κ1) is 6.60. The Hall–Kier alpha value is -1.52. The molecule has 0 unspecified atom stereocenters. The van der Waals surface area contributed by atoms with E-state index >= 15 is 0 Å². The average molecular weight is 141 g/mol. The van der Waals surface area contributed by atoms with E-state index in [-0.39, 0.29) is 5.82 Å². The van der Waals surface area contributed by atoms with E-state index in [1.807, 2.05) is 0 Å². The van der Waals surface area contributed by atoms with E-state index in [1.54, 1.807) is 6.92 Å². The number of carboxylic acid groups (broad SMARTS) is 1. The first-order valence-corrected chi connectivity index (χ1v) is 2.66. The van der Waals surface area contributed by atoms with Crippen LogP contribution in [0.25, 0.3) is 0 Å². The van der Waals surface area contributed by atoms with Gasteiger partial charge in [-0.1, -0.05) is 0 Å². The van der Waals surface area contributed by atoms with Crippen molar-refractivity contribution in [2.45, 2.75) is 6.92 Å².